The Morgan fingerprint density at radius 3 is 2.50 bits per heavy atom. The third-order valence-corrected chi connectivity index (χ3v) is 6.04. The molecule has 0 aliphatic heterocycles. The Bertz CT molecular complexity index is 890. The molecule has 1 heterocycles. The second-order valence-corrected chi connectivity index (χ2v) is 8.92. The van der Waals surface area contributed by atoms with Crippen LogP contribution in [-0.2, 0) is 4.79 Å². The average molecular weight is 413 g/mol. The van der Waals surface area contributed by atoms with Crippen LogP contribution in [-0.4, -0.2) is 36.5 Å². The first-order chi connectivity index (χ1) is 14.3. The Morgan fingerprint density at radius 1 is 1.17 bits per heavy atom. The molecule has 1 aliphatic carbocycles. The van der Waals surface area contributed by atoms with Gasteiger partial charge in [-0.15, -0.1) is 0 Å². The maximum Gasteiger partial charge on any atom is 0.243 e. The fourth-order valence-corrected chi connectivity index (χ4v) is 4.09. The van der Waals surface area contributed by atoms with Gasteiger partial charge in [0.05, 0.1) is 32.3 Å². The lowest BCUT2D eigenvalue weighted by Crippen LogP contribution is -2.33. The Kier molecular flexibility index (Phi) is 6.80. The van der Waals surface area contributed by atoms with Crippen molar-refractivity contribution in [1.82, 2.24) is 15.6 Å². The number of aromatic nitrogens is 2. The van der Waals surface area contributed by atoms with Crippen molar-refractivity contribution in [3.8, 4) is 22.8 Å². The zero-order chi connectivity index (χ0) is 21.7. The van der Waals surface area contributed by atoms with E-state index >= 15 is 0 Å². The summed E-state index contributed by atoms with van der Waals surface area (Å²) in [5.74, 6) is 2.00. The minimum Gasteiger partial charge on any atom is -0.493 e. The molecular formula is C23H32N4O3. The standard InChI is InChI=1S/C23H32N4O3/c1-23(2,3)18-9-6-15(7-10-18)22(28)27-25-14-17-13-24-26-21(17)16-8-11-19(29-4)20(12-16)30-5/h8,11-15,18H,6-7,9-10H2,1-5H3,(H,24,26)(H,27,28)/b25-14-. The van der Waals surface area contributed by atoms with Gasteiger partial charge in [-0.25, -0.2) is 5.43 Å². The van der Waals surface area contributed by atoms with E-state index in [1.807, 2.05) is 18.2 Å². The van der Waals surface area contributed by atoms with Gasteiger partial charge in [-0.3, -0.25) is 9.89 Å². The molecule has 0 saturated heterocycles. The van der Waals surface area contributed by atoms with Gasteiger partial charge in [0.15, 0.2) is 11.5 Å². The highest BCUT2D eigenvalue weighted by molar-refractivity contribution is 5.89. The molecule has 0 atom stereocenters. The normalized spacial score (nSPS) is 19.6. The lowest BCUT2D eigenvalue weighted by molar-refractivity contribution is -0.126. The van der Waals surface area contributed by atoms with E-state index in [2.05, 4.69) is 41.5 Å². The zero-order valence-electron chi connectivity index (χ0n) is 18.5. The number of H-pyrrole nitrogens is 1. The van der Waals surface area contributed by atoms with Gasteiger partial charge in [0.2, 0.25) is 5.91 Å². The maximum absolute atomic E-state index is 12.5. The van der Waals surface area contributed by atoms with Crippen molar-refractivity contribution >= 4 is 12.1 Å². The van der Waals surface area contributed by atoms with Gasteiger partial charge in [0.1, 0.15) is 0 Å². The summed E-state index contributed by atoms with van der Waals surface area (Å²) in [6, 6.07) is 5.63. The summed E-state index contributed by atoms with van der Waals surface area (Å²) in [4.78, 5) is 12.5. The number of rotatable bonds is 6. The number of aromatic amines is 1. The van der Waals surface area contributed by atoms with Crippen molar-refractivity contribution in [2.75, 3.05) is 14.2 Å². The quantitative estimate of drug-likeness (QED) is 0.544. The summed E-state index contributed by atoms with van der Waals surface area (Å²) in [6.07, 6.45) is 7.33. The lowest BCUT2D eigenvalue weighted by Gasteiger charge is -2.36. The third kappa shape index (κ3) is 5.01. The first kappa shape index (κ1) is 21.9. The molecule has 0 unspecified atom stereocenters. The smallest absolute Gasteiger partial charge is 0.243 e. The number of ether oxygens (including phenoxy) is 2. The van der Waals surface area contributed by atoms with E-state index in [-0.39, 0.29) is 11.8 Å². The molecule has 2 N–H and O–H groups in total. The van der Waals surface area contributed by atoms with Crippen LogP contribution in [0.5, 0.6) is 11.5 Å². The molecule has 1 saturated carbocycles. The molecule has 1 amide bonds. The lowest BCUT2D eigenvalue weighted by atomic mass is 9.70. The number of hydrogen-bond acceptors (Lipinski definition) is 5. The molecule has 1 aromatic carbocycles. The van der Waals surface area contributed by atoms with Crippen LogP contribution in [0.25, 0.3) is 11.3 Å². The van der Waals surface area contributed by atoms with Crippen LogP contribution < -0.4 is 14.9 Å². The monoisotopic (exact) mass is 412 g/mol. The van der Waals surface area contributed by atoms with Crippen LogP contribution in [0.3, 0.4) is 0 Å². The van der Waals surface area contributed by atoms with Crippen LogP contribution in [0.1, 0.15) is 52.0 Å². The second-order valence-electron chi connectivity index (χ2n) is 8.92. The molecule has 7 heteroatoms. The van der Waals surface area contributed by atoms with Crippen LogP contribution >= 0.6 is 0 Å². The highest BCUT2D eigenvalue weighted by atomic mass is 16.5. The average Bonchev–Trinajstić information content (AvgIpc) is 3.21. The molecule has 162 valence electrons. The fourth-order valence-electron chi connectivity index (χ4n) is 4.09. The number of benzene rings is 1. The van der Waals surface area contributed by atoms with Gasteiger partial charge in [0, 0.05) is 17.0 Å². The van der Waals surface area contributed by atoms with Gasteiger partial charge in [-0.05, 0) is 55.2 Å². The summed E-state index contributed by atoms with van der Waals surface area (Å²) in [5, 5.41) is 11.3. The van der Waals surface area contributed by atoms with Crippen molar-refractivity contribution < 1.29 is 14.3 Å². The molecule has 30 heavy (non-hydrogen) atoms. The molecule has 2 aromatic rings. The summed E-state index contributed by atoms with van der Waals surface area (Å²) < 4.78 is 10.7. The first-order valence-electron chi connectivity index (χ1n) is 10.4. The predicted molar refractivity (Wildman–Crippen MR) is 118 cm³/mol. The van der Waals surface area contributed by atoms with Gasteiger partial charge >= 0.3 is 0 Å². The Hall–Kier alpha value is -2.83. The number of methoxy groups -OCH3 is 2. The van der Waals surface area contributed by atoms with Gasteiger partial charge in [-0.1, -0.05) is 20.8 Å². The van der Waals surface area contributed by atoms with Crippen molar-refractivity contribution in [2.24, 2.45) is 22.4 Å². The number of amides is 1. The summed E-state index contributed by atoms with van der Waals surface area (Å²) in [5.41, 5.74) is 5.47. The third-order valence-electron chi connectivity index (χ3n) is 6.04. The predicted octanol–water partition coefficient (Wildman–Crippen LogP) is 4.40. The van der Waals surface area contributed by atoms with Crippen LogP contribution in [0, 0.1) is 17.3 Å². The van der Waals surface area contributed by atoms with E-state index in [0.29, 0.717) is 22.8 Å². The Balaban J connectivity index is 1.62. The minimum atomic E-state index is -0.00484. The number of carbonyl (C=O) groups excluding carboxylic acids is 1. The molecule has 3 rings (SSSR count). The minimum absolute atomic E-state index is 0.00484. The molecule has 1 aromatic heterocycles. The van der Waals surface area contributed by atoms with E-state index < -0.39 is 0 Å². The summed E-state index contributed by atoms with van der Waals surface area (Å²) >= 11 is 0. The summed E-state index contributed by atoms with van der Waals surface area (Å²) in [7, 11) is 3.20. The van der Waals surface area contributed by atoms with Crippen molar-refractivity contribution in [1.29, 1.82) is 0 Å². The molecule has 0 bridgehead atoms. The molecule has 0 spiro atoms. The number of carbonyl (C=O) groups is 1. The zero-order valence-corrected chi connectivity index (χ0v) is 18.5. The van der Waals surface area contributed by atoms with E-state index in [0.717, 1.165) is 42.5 Å². The molecule has 7 nitrogen and oxygen atoms in total. The van der Waals surface area contributed by atoms with E-state index in [4.69, 9.17) is 9.47 Å². The van der Waals surface area contributed by atoms with Crippen LogP contribution in [0.2, 0.25) is 0 Å². The first-order valence-corrected chi connectivity index (χ1v) is 10.4. The molecule has 0 radical (unpaired) electrons. The van der Waals surface area contributed by atoms with Crippen molar-refractivity contribution in [3.05, 3.63) is 30.0 Å². The SMILES string of the molecule is COc1ccc(-c2[nH]ncc2/C=N\NC(=O)C2CCC(C(C)(C)C)CC2)cc1OC. The van der Waals surface area contributed by atoms with Crippen LogP contribution in [0.4, 0.5) is 0 Å². The Labute approximate surface area is 178 Å². The van der Waals surface area contributed by atoms with Gasteiger partial charge < -0.3 is 9.47 Å². The number of nitrogens with one attached hydrogen (secondary N) is 2. The van der Waals surface area contributed by atoms with Gasteiger partial charge in [0.25, 0.3) is 0 Å². The van der Waals surface area contributed by atoms with Gasteiger partial charge in [-0.2, -0.15) is 10.2 Å². The van der Waals surface area contributed by atoms with E-state index in [9.17, 15) is 4.79 Å². The van der Waals surface area contributed by atoms with E-state index in [1.54, 1.807) is 26.6 Å². The largest absolute Gasteiger partial charge is 0.493 e. The topological polar surface area (TPSA) is 88.6 Å². The second kappa shape index (κ2) is 9.32. The fraction of sp³-hybridized carbons (Fsp3) is 0.522. The highest BCUT2D eigenvalue weighted by Crippen LogP contribution is 2.39. The number of hydrogen-bond donors (Lipinski definition) is 2. The van der Waals surface area contributed by atoms with Crippen LogP contribution in [0.15, 0.2) is 29.5 Å². The number of hydrazone groups is 1. The molecule has 1 aliphatic rings. The van der Waals surface area contributed by atoms with E-state index in [1.165, 1.54) is 0 Å². The highest BCUT2D eigenvalue weighted by Gasteiger charge is 2.32. The van der Waals surface area contributed by atoms with Crippen molar-refractivity contribution in [2.45, 2.75) is 46.5 Å². The Morgan fingerprint density at radius 2 is 1.87 bits per heavy atom. The van der Waals surface area contributed by atoms with Crippen molar-refractivity contribution in [3.63, 3.8) is 0 Å². The molecular weight excluding hydrogens is 380 g/mol. The number of nitrogens with zero attached hydrogens (tertiary/aromatic N) is 2. The maximum atomic E-state index is 12.5. The molecule has 1 fully saturated rings. The summed E-state index contributed by atoms with van der Waals surface area (Å²) in [6.45, 7) is 6.84.